The molecular formula is C14H14FN3O2. The van der Waals surface area contributed by atoms with E-state index in [4.69, 9.17) is 0 Å². The average molecular weight is 275 g/mol. The van der Waals surface area contributed by atoms with E-state index in [1.54, 1.807) is 22.9 Å². The molecule has 20 heavy (non-hydrogen) atoms. The molecular weight excluding hydrogens is 261 g/mol. The second kappa shape index (κ2) is 5.05. The number of benzene rings is 1. The van der Waals surface area contributed by atoms with Gasteiger partial charge in [0.05, 0.1) is 6.54 Å². The zero-order chi connectivity index (χ0) is 14.1. The molecule has 1 aliphatic rings. The fourth-order valence-corrected chi connectivity index (χ4v) is 2.51. The third kappa shape index (κ3) is 2.18. The number of hydrogen-bond acceptors (Lipinski definition) is 3. The normalized spacial score (nSPS) is 14.1. The van der Waals surface area contributed by atoms with Crippen LogP contribution < -0.4 is 5.32 Å². The SMILES string of the molecule is O=C(O)c1nn(Cc2ccccc2F)c2c1CNCC2. The number of aromatic nitrogens is 2. The summed E-state index contributed by atoms with van der Waals surface area (Å²) in [5, 5.41) is 16.5. The molecule has 0 saturated heterocycles. The first-order valence-electron chi connectivity index (χ1n) is 6.43. The predicted molar refractivity (Wildman–Crippen MR) is 70.1 cm³/mol. The van der Waals surface area contributed by atoms with Crippen molar-refractivity contribution in [3.05, 3.63) is 52.6 Å². The Kier molecular flexibility index (Phi) is 3.23. The van der Waals surface area contributed by atoms with Crippen LogP contribution >= 0.6 is 0 Å². The summed E-state index contributed by atoms with van der Waals surface area (Å²) in [6.07, 6.45) is 0.698. The molecule has 104 valence electrons. The lowest BCUT2D eigenvalue weighted by Gasteiger charge is -2.15. The van der Waals surface area contributed by atoms with Gasteiger partial charge in [0.15, 0.2) is 5.69 Å². The number of halogens is 1. The van der Waals surface area contributed by atoms with Crippen molar-refractivity contribution >= 4 is 5.97 Å². The molecule has 0 bridgehead atoms. The molecule has 1 aromatic heterocycles. The fraction of sp³-hybridized carbons (Fsp3) is 0.286. The minimum Gasteiger partial charge on any atom is -0.476 e. The molecule has 0 amide bonds. The fourth-order valence-electron chi connectivity index (χ4n) is 2.51. The highest BCUT2D eigenvalue weighted by Gasteiger charge is 2.24. The summed E-state index contributed by atoms with van der Waals surface area (Å²) in [5.41, 5.74) is 2.15. The predicted octanol–water partition coefficient (Wildman–Crippen LogP) is 1.41. The number of rotatable bonds is 3. The summed E-state index contributed by atoms with van der Waals surface area (Å²) >= 11 is 0. The van der Waals surface area contributed by atoms with E-state index in [0.29, 0.717) is 24.1 Å². The van der Waals surface area contributed by atoms with Crippen molar-refractivity contribution in [1.29, 1.82) is 0 Å². The van der Waals surface area contributed by atoms with Gasteiger partial charge in [-0.05, 0) is 6.07 Å². The molecule has 1 aromatic carbocycles. The van der Waals surface area contributed by atoms with Gasteiger partial charge in [0.2, 0.25) is 0 Å². The number of fused-ring (bicyclic) bond motifs is 1. The van der Waals surface area contributed by atoms with Crippen LogP contribution in [0.3, 0.4) is 0 Å². The number of carbonyl (C=O) groups is 1. The Hall–Kier alpha value is -2.21. The van der Waals surface area contributed by atoms with Crippen molar-refractivity contribution in [3.63, 3.8) is 0 Å². The van der Waals surface area contributed by atoms with Crippen molar-refractivity contribution in [2.45, 2.75) is 19.5 Å². The number of carboxylic acids is 1. The monoisotopic (exact) mass is 275 g/mol. The molecule has 0 saturated carbocycles. The highest BCUT2D eigenvalue weighted by atomic mass is 19.1. The summed E-state index contributed by atoms with van der Waals surface area (Å²) in [4.78, 5) is 11.2. The molecule has 3 rings (SSSR count). The lowest BCUT2D eigenvalue weighted by Crippen LogP contribution is -2.25. The van der Waals surface area contributed by atoms with Gasteiger partial charge in [0, 0.05) is 36.3 Å². The largest absolute Gasteiger partial charge is 0.476 e. The molecule has 2 heterocycles. The molecule has 5 nitrogen and oxygen atoms in total. The van der Waals surface area contributed by atoms with E-state index >= 15 is 0 Å². The first kappa shape index (κ1) is 12.8. The quantitative estimate of drug-likeness (QED) is 0.889. The highest BCUT2D eigenvalue weighted by Crippen LogP contribution is 2.20. The van der Waals surface area contributed by atoms with Gasteiger partial charge in [-0.3, -0.25) is 4.68 Å². The average Bonchev–Trinajstić information content (AvgIpc) is 2.81. The third-order valence-electron chi connectivity index (χ3n) is 3.49. The van der Waals surface area contributed by atoms with Crippen LogP contribution in [-0.4, -0.2) is 27.4 Å². The number of nitrogens with zero attached hydrogens (tertiary/aromatic N) is 2. The number of hydrogen-bond donors (Lipinski definition) is 2. The van der Waals surface area contributed by atoms with Crippen LogP contribution in [0.5, 0.6) is 0 Å². The molecule has 2 N–H and O–H groups in total. The molecule has 1 aliphatic heterocycles. The van der Waals surface area contributed by atoms with Gasteiger partial charge in [-0.25, -0.2) is 9.18 Å². The highest BCUT2D eigenvalue weighted by molar-refractivity contribution is 5.87. The smallest absolute Gasteiger partial charge is 0.356 e. The Morgan fingerprint density at radius 2 is 2.25 bits per heavy atom. The summed E-state index contributed by atoms with van der Waals surface area (Å²) in [6.45, 7) is 1.52. The maximum atomic E-state index is 13.7. The van der Waals surface area contributed by atoms with Crippen molar-refractivity contribution in [2.75, 3.05) is 6.54 Å². The van der Waals surface area contributed by atoms with Gasteiger partial charge >= 0.3 is 5.97 Å². The Morgan fingerprint density at radius 3 is 3.00 bits per heavy atom. The van der Waals surface area contributed by atoms with Crippen LogP contribution in [0, 0.1) is 5.82 Å². The van der Waals surface area contributed by atoms with E-state index in [9.17, 15) is 14.3 Å². The van der Waals surface area contributed by atoms with E-state index in [-0.39, 0.29) is 18.1 Å². The van der Waals surface area contributed by atoms with Gasteiger partial charge in [-0.2, -0.15) is 5.10 Å². The number of aromatic carboxylic acids is 1. The van der Waals surface area contributed by atoms with Crippen molar-refractivity contribution in [1.82, 2.24) is 15.1 Å². The summed E-state index contributed by atoms with van der Waals surface area (Å²) in [7, 11) is 0. The second-order valence-corrected chi connectivity index (χ2v) is 4.75. The van der Waals surface area contributed by atoms with Gasteiger partial charge in [0.25, 0.3) is 0 Å². The van der Waals surface area contributed by atoms with E-state index < -0.39 is 5.97 Å². The first-order chi connectivity index (χ1) is 9.66. The van der Waals surface area contributed by atoms with E-state index in [0.717, 1.165) is 12.2 Å². The van der Waals surface area contributed by atoms with Crippen LogP contribution in [0.25, 0.3) is 0 Å². The zero-order valence-corrected chi connectivity index (χ0v) is 10.8. The zero-order valence-electron chi connectivity index (χ0n) is 10.8. The standard InChI is InChI=1S/C14H14FN3O2/c15-11-4-2-1-3-9(11)8-18-12-5-6-16-7-10(12)13(17-18)14(19)20/h1-4,16H,5-8H2,(H,19,20). The molecule has 2 aromatic rings. The third-order valence-corrected chi connectivity index (χ3v) is 3.49. The van der Waals surface area contributed by atoms with Crippen molar-refractivity contribution in [2.24, 2.45) is 0 Å². The minimum atomic E-state index is -1.04. The van der Waals surface area contributed by atoms with Gasteiger partial charge in [-0.1, -0.05) is 18.2 Å². The topological polar surface area (TPSA) is 67.1 Å². The van der Waals surface area contributed by atoms with Crippen LogP contribution in [0.1, 0.15) is 27.3 Å². The Morgan fingerprint density at radius 1 is 1.45 bits per heavy atom. The molecule has 6 heteroatoms. The molecule has 0 unspecified atom stereocenters. The molecule has 0 aliphatic carbocycles. The second-order valence-electron chi connectivity index (χ2n) is 4.75. The summed E-state index contributed by atoms with van der Waals surface area (Å²) < 4.78 is 15.3. The van der Waals surface area contributed by atoms with Gasteiger partial charge < -0.3 is 10.4 Å². The van der Waals surface area contributed by atoms with E-state index in [1.807, 2.05) is 0 Å². The number of carboxylic acid groups (broad SMARTS) is 1. The van der Waals surface area contributed by atoms with E-state index in [1.165, 1.54) is 6.07 Å². The lowest BCUT2D eigenvalue weighted by atomic mass is 10.1. The van der Waals surface area contributed by atoms with E-state index in [2.05, 4.69) is 10.4 Å². The van der Waals surface area contributed by atoms with Crippen molar-refractivity contribution in [3.8, 4) is 0 Å². The first-order valence-corrected chi connectivity index (χ1v) is 6.43. The van der Waals surface area contributed by atoms with Crippen molar-refractivity contribution < 1.29 is 14.3 Å². The summed E-state index contributed by atoms with van der Waals surface area (Å²) in [5.74, 6) is -1.35. The molecule has 0 spiro atoms. The number of nitrogens with one attached hydrogen (secondary N) is 1. The van der Waals surface area contributed by atoms with Gasteiger partial charge in [0.1, 0.15) is 5.82 Å². The molecule has 0 radical (unpaired) electrons. The lowest BCUT2D eigenvalue weighted by molar-refractivity contribution is 0.0688. The molecule has 0 fully saturated rings. The Balaban J connectivity index is 2.02. The maximum absolute atomic E-state index is 13.7. The van der Waals surface area contributed by atoms with Gasteiger partial charge in [-0.15, -0.1) is 0 Å². The van der Waals surface area contributed by atoms with Crippen LogP contribution in [0.4, 0.5) is 4.39 Å². The van der Waals surface area contributed by atoms with Crippen LogP contribution in [0.2, 0.25) is 0 Å². The maximum Gasteiger partial charge on any atom is 0.356 e. The Labute approximate surface area is 115 Å². The van der Waals surface area contributed by atoms with Crippen LogP contribution in [-0.2, 0) is 19.5 Å². The molecule has 0 atom stereocenters. The summed E-state index contributed by atoms with van der Waals surface area (Å²) in [6, 6.07) is 6.47. The minimum absolute atomic E-state index is 0.0588. The Bertz CT molecular complexity index is 666. The van der Waals surface area contributed by atoms with Crippen LogP contribution in [0.15, 0.2) is 24.3 Å².